The molecule has 0 saturated carbocycles. The van der Waals surface area contributed by atoms with Gasteiger partial charge in [0.25, 0.3) is 0 Å². The molecule has 0 saturated heterocycles. The van der Waals surface area contributed by atoms with Crippen LogP contribution >= 0.6 is 0 Å². The normalized spacial score (nSPS) is 11.9. The Hall–Kier alpha value is -1.51. The van der Waals surface area contributed by atoms with Crippen LogP contribution in [0.15, 0.2) is 18.2 Å². The summed E-state index contributed by atoms with van der Waals surface area (Å²) >= 11 is 0. The van der Waals surface area contributed by atoms with E-state index in [1.54, 1.807) is 12.1 Å². The predicted molar refractivity (Wildman–Crippen MR) is 56.3 cm³/mol. The first-order valence-electron chi connectivity index (χ1n) is 5.16. The molecule has 0 fully saturated rings. The maximum atomic E-state index is 11.6. The molecule has 80 valence electrons. The standard InChI is InChI=1S/C12H14O3/c1-8(2)6-7-14-12(13)9-4-3-5-10-11(9)15-10/h3-5,8H,6-7H2,1-2H3. The van der Waals surface area contributed by atoms with Gasteiger partial charge in [-0.2, -0.15) is 0 Å². The number of benzene rings is 1. The van der Waals surface area contributed by atoms with E-state index in [0.717, 1.165) is 12.2 Å². The molecule has 0 N–H and O–H groups in total. The Morgan fingerprint density at radius 2 is 2.27 bits per heavy atom. The summed E-state index contributed by atoms with van der Waals surface area (Å²) in [6.45, 7) is 4.67. The highest BCUT2D eigenvalue weighted by Crippen LogP contribution is 2.47. The summed E-state index contributed by atoms with van der Waals surface area (Å²) in [5.74, 6) is 1.72. The van der Waals surface area contributed by atoms with Crippen LogP contribution in [0.5, 0.6) is 11.5 Å². The number of esters is 1. The van der Waals surface area contributed by atoms with Crippen LogP contribution in [0.25, 0.3) is 0 Å². The van der Waals surface area contributed by atoms with E-state index in [-0.39, 0.29) is 5.97 Å². The zero-order valence-electron chi connectivity index (χ0n) is 8.95. The van der Waals surface area contributed by atoms with E-state index in [2.05, 4.69) is 13.8 Å². The van der Waals surface area contributed by atoms with Crippen molar-refractivity contribution < 1.29 is 14.3 Å². The number of fused-ring (bicyclic) bond motifs is 1. The topological polar surface area (TPSA) is 38.8 Å². The fraction of sp³-hybridized carbons (Fsp3) is 0.417. The van der Waals surface area contributed by atoms with Gasteiger partial charge in [-0.3, -0.25) is 0 Å². The van der Waals surface area contributed by atoms with Gasteiger partial charge in [-0.25, -0.2) is 4.79 Å². The molecular weight excluding hydrogens is 192 g/mol. The largest absolute Gasteiger partial charge is 0.462 e. The molecule has 2 rings (SSSR count). The van der Waals surface area contributed by atoms with E-state index in [9.17, 15) is 4.79 Å². The molecule has 0 radical (unpaired) electrons. The third-order valence-corrected chi connectivity index (χ3v) is 2.30. The molecule has 0 aliphatic carbocycles. The van der Waals surface area contributed by atoms with Crippen molar-refractivity contribution in [3.63, 3.8) is 0 Å². The van der Waals surface area contributed by atoms with Crippen molar-refractivity contribution in [1.29, 1.82) is 0 Å². The number of carbonyl (C=O) groups is 1. The number of ether oxygens (including phenoxy) is 2. The van der Waals surface area contributed by atoms with Gasteiger partial charge in [-0.1, -0.05) is 19.9 Å². The number of carbonyl (C=O) groups excluding carboxylic acids is 1. The second-order valence-electron chi connectivity index (χ2n) is 4.05. The predicted octanol–water partition coefficient (Wildman–Crippen LogP) is 3.00. The van der Waals surface area contributed by atoms with E-state index in [0.29, 0.717) is 23.8 Å². The monoisotopic (exact) mass is 206 g/mol. The second kappa shape index (κ2) is 3.93. The Morgan fingerprint density at radius 3 is 3.00 bits per heavy atom. The number of para-hydroxylation sites is 1. The van der Waals surface area contributed by atoms with Crippen molar-refractivity contribution in [2.75, 3.05) is 6.61 Å². The highest BCUT2D eigenvalue weighted by Gasteiger charge is 2.28. The Balaban J connectivity index is 1.90. The summed E-state index contributed by atoms with van der Waals surface area (Å²) in [5.41, 5.74) is 0.538. The number of rotatable bonds is 4. The molecule has 1 heterocycles. The number of hydrogen-bond donors (Lipinski definition) is 0. The van der Waals surface area contributed by atoms with Gasteiger partial charge in [-0.05, 0) is 24.5 Å². The molecule has 3 heteroatoms. The molecule has 1 aromatic rings. The molecule has 0 bridgehead atoms. The van der Waals surface area contributed by atoms with Crippen LogP contribution in [0.2, 0.25) is 0 Å². The Morgan fingerprint density at radius 1 is 1.47 bits per heavy atom. The van der Waals surface area contributed by atoms with Gasteiger partial charge in [0.2, 0.25) is 0 Å². The molecule has 0 aromatic heterocycles. The average molecular weight is 206 g/mol. The molecule has 3 nitrogen and oxygen atoms in total. The minimum Gasteiger partial charge on any atom is -0.462 e. The first-order chi connectivity index (χ1) is 7.18. The molecule has 0 spiro atoms. The van der Waals surface area contributed by atoms with Gasteiger partial charge in [0.1, 0.15) is 5.56 Å². The molecule has 15 heavy (non-hydrogen) atoms. The summed E-state index contributed by atoms with van der Waals surface area (Å²) in [6, 6.07) is 5.36. The lowest BCUT2D eigenvalue weighted by Gasteiger charge is -2.05. The van der Waals surface area contributed by atoms with Gasteiger partial charge < -0.3 is 9.47 Å². The summed E-state index contributed by atoms with van der Waals surface area (Å²) in [7, 11) is 0. The van der Waals surface area contributed by atoms with E-state index in [1.165, 1.54) is 0 Å². The fourth-order valence-electron chi connectivity index (χ4n) is 1.32. The van der Waals surface area contributed by atoms with Crippen molar-refractivity contribution in [3.05, 3.63) is 23.8 Å². The zero-order chi connectivity index (χ0) is 10.8. The SMILES string of the molecule is CC(C)CCOC(=O)c1cccc2c1O2. The van der Waals surface area contributed by atoms with Crippen molar-refractivity contribution in [2.24, 2.45) is 5.92 Å². The maximum absolute atomic E-state index is 11.6. The minimum absolute atomic E-state index is 0.287. The van der Waals surface area contributed by atoms with Crippen molar-refractivity contribution in [3.8, 4) is 11.5 Å². The first kappa shape index (κ1) is 10.0. The quantitative estimate of drug-likeness (QED) is 0.570. The minimum atomic E-state index is -0.287. The van der Waals surface area contributed by atoms with Crippen molar-refractivity contribution >= 4 is 5.97 Å². The third-order valence-electron chi connectivity index (χ3n) is 2.30. The fourth-order valence-corrected chi connectivity index (χ4v) is 1.32. The lowest BCUT2D eigenvalue weighted by molar-refractivity contribution is 0.0488. The van der Waals surface area contributed by atoms with Gasteiger partial charge in [0, 0.05) is 0 Å². The highest BCUT2D eigenvalue weighted by atomic mass is 16.6. The third kappa shape index (κ3) is 2.29. The Bertz CT molecular complexity index is 382. The summed E-state index contributed by atoms with van der Waals surface area (Å²) in [6.07, 6.45) is 0.890. The lowest BCUT2D eigenvalue weighted by atomic mass is 10.1. The zero-order valence-corrected chi connectivity index (χ0v) is 8.95. The van der Waals surface area contributed by atoms with Crippen molar-refractivity contribution in [2.45, 2.75) is 20.3 Å². The Kier molecular flexibility index (Phi) is 2.62. The lowest BCUT2D eigenvalue weighted by Crippen LogP contribution is -2.07. The smallest absolute Gasteiger partial charge is 0.342 e. The summed E-state index contributed by atoms with van der Waals surface area (Å²) in [5, 5.41) is 0. The van der Waals surface area contributed by atoms with Crippen LogP contribution in [-0.4, -0.2) is 12.6 Å². The van der Waals surface area contributed by atoms with Crippen LogP contribution < -0.4 is 4.74 Å². The first-order valence-corrected chi connectivity index (χ1v) is 5.16. The van der Waals surface area contributed by atoms with Crippen LogP contribution in [0, 0.1) is 5.92 Å². The molecule has 1 aliphatic rings. The van der Waals surface area contributed by atoms with E-state index >= 15 is 0 Å². The maximum Gasteiger partial charge on any atom is 0.342 e. The van der Waals surface area contributed by atoms with E-state index < -0.39 is 0 Å². The number of hydrogen-bond acceptors (Lipinski definition) is 3. The van der Waals surface area contributed by atoms with Gasteiger partial charge in [-0.15, -0.1) is 0 Å². The van der Waals surface area contributed by atoms with Crippen LogP contribution in [-0.2, 0) is 4.74 Å². The van der Waals surface area contributed by atoms with Gasteiger partial charge in [0.15, 0.2) is 11.5 Å². The molecule has 1 aromatic carbocycles. The molecule has 1 aliphatic heterocycles. The second-order valence-corrected chi connectivity index (χ2v) is 4.05. The van der Waals surface area contributed by atoms with Crippen molar-refractivity contribution in [1.82, 2.24) is 0 Å². The summed E-state index contributed by atoms with van der Waals surface area (Å²) in [4.78, 5) is 11.6. The molecule has 0 unspecified atom stereocenters. The molecular formula is C12H14O3. The van der Waals surface area contributed by atoms with Gasteiger partial charge in [0.05, 0.1) is 6.61 Å². The van der Waals surface area contributed by atoms with Crippen LogP contribution in [0.4, 0.5) is 0 Å². The average Bonchev–Trinajstić information content (AvgIpc) is 2.94. The van der Waals surface area contributed by atoms with Crippen LogP contribution in [0.3, 0.4) is 0 Å². The molecule has 0 atom stereocenters. The van der Waals surface area contributed by atoms with Crippen LogP contribution in [0.1, 0.15) is 30.6 Å². The van der Waals surface area contributed by atoms with E-state index in [4.69, 9.17) is 9.47 Å². The highest BCUT2D eigenvalue weighted by molar-refractivity contribution is 5.95. The van der Waals surface area contributed by atoms with E-state index in [1.807, 2.05) is 6.07 Å². The molecule has 0 amide bonds. The van der Waals surface area contributed by atoms with Gasteiger partial charge >= 0.3 is 5.97 Å². The Labute approximate surface area is 89.0 Å². The summed E-state index contributed by atoms with van der Waals surface area (Å²) < 4.78 is 10.3.